The van der Waals surface area contributed by atoms with E-state index < -0.39 is 16.8 Å². The predicted octanol–water partition coefficient (Wildman–Crippen LogP) is 1.55. The average Bonchev–Trinajstić information content (AvgIpc) is 2.91. The van der Waals surface area contributed by atoms with Crippen molar-refractivity contribution < 1.29 is 18.9 Å². The number of hydrogen-bond acceptors (Lipinski definition) is 3. The summed E-state index contributed by atoms with van der Waals surface area (Å²) < 4.78 is 12.1. The summed E-state index contributed by atoms with van der Waals surface area (Å²) in [5, 5.41) is 11.8. The van der Waals surface area contributed by atoms with E-state index in [1.165, 1.54) is 18.2 Å². The van der Waals surface area contributed by atoms with Gasteiger partial charge in [0.15, 0.2) is 0 Å². The largest absolute Gasteiger partial charge is 0.478 e. The van der Waals surface area contributed by atoms with Crippen LogP contribution in [0.2, 0.25) is 0 Å². The average molecular weight is 295 g/mol. The Balaban J connectivity index is 1.95. The Hall–Kier alpha value is -1.69. The van der Waals surface area contributed by atoms with Crippen LogP contribution in [0.15, 0.2) is 29.2 Å². The lowest BCUT2D eigenvalue weighted by molar-refractivity contribution is -0.119. The highest BCUT2D eigenvalue weighted by Gasteiger charge is 2.19. The number of carbonyl (C=O) groups is 2. The molecule has 2 N–H and O–H groups in total. The predicted molar refractivity (Wildman–Crippen MR) is 75.1 cm³/mol. The number of amides is 1. The van der Waals surface area contributed by atoms with Gasteiger partial charge in [0.1, 0.15) is 5.75 Å². The summed E-state index contributed by atoms with van der Waals surface area (Å²) in [6.45, 7) is 0. The minimum absolute atomic E-state index is 0.0760. The number of aromatic carboxylic acids is 1. The van der Waals surface area contributed by atoms with Crippen molar-refractivity contribution in [3.05, 3.63) is 29.8 Å². The Morgan fingerprint density at radius 1 is 1.30 bits per heavy atom. The Morgan fingerprint density at radius 3 is 2.65 bits per heavy atom. The number of benzene rings is 1. The monoisotopic (exact) mass is 295 g/mol. The van der Waals surface area contributed by atoms with Crippen molar-refractivity contribution in [1.82, 2.24) is 5.32 Å². The minimum Gasteiger partial charge on any atom is -0.478 e. The molecule has 1 aliphatic rings. The van der Waals surface area contributed by atoms with Gasteiger partial charge in [-0.2, -0.15) is 0 Å². The second kappa shape index (κ2) is 6.65. The van der Waals surface area contributed by atoms with E-state index in [4.69, 9.17) is 5.11 Å². The van der Waals surface area contributed by atoms with E-state index in [0.29, 0.717) is 4.90 Å². The molecule has 1 aromatic rings. The molecular formula is C14H17NO4S. The fourth-order valence-electron chi connectivity index (χ4n) is 2.31. The summed E-state index contributed by atoms with van der Waals surface area (Å²) in [6, 6.07) is 6.09. The molecule has 1 saturated carbocycles. The van der Waals surface area contributed by atoms with Crippen molar-refractivity contribution in [2.75, 3.05) is 5.75 Å². The molecule has 0 aliphatic heterocycles. The van der Waals surface area contributed by atoms with Crippen LogP contribution in [0.3, 0.4) is 0 Å². The first-order valence-electron chi connectivity index (χ1n) is 6.57. The number of carboxylic acids is 1. The van der Waals surface area contributed by atoms with E-state index in [0.717, 1.165) is 25.7 Å². The summed E-state index contributed by atoms with van der Waals surface area (Å²) in [7, 11) is -1.52. The van der Waals surface area contributed by atoms with Gasteiger partial charge in [-0.05, 0) is 31.0 Å². The van der Waals surface area contributed by atoms with Crippen molar-refractivity contribution >= 4 is 22.7 Å². The van der Waals surface area contributed by atoms with Gasteiger partial charge < -0.3 is 10.4 Å². The van der Waals surface area contributed by atoms with Gasteiger partial charge in [-0.15, -0.1) is 0 Å². The quantitative estimate of drug-likeness (QED) is 0.863. The van der Waals surface area contributed by atoms with Crippen LogP contribution in [0.1, 0.15) is 36.0 Å². The number of carboxylic acid groups (broad SMARTS) is 1. The SMILES string of the molecule is O=C(CS(=O)c1cccc(C(=O)O)c1)NC1CCCC1. The first-order chi connectivity index (χ1) is 9.56. The minimum atomic E-state index is -1.52. The van der Waals surface area contributed by atoms with E-state index in [1.54, 1.807) is 6.07 Å². The molecular weight excluding hydrogens is 278 g/mol. The maximum absolute atomic E-state index is 12.1. The molecule has 0 heterocycles. The van der Waals surface area contributed by atoms with Crippen LogP contribution in [-0.2, 0) is 15.6 Å². The highest BCUT2D eigenvalue weighted by molar-refractivity contribution is 7.85. The Bertz CT molecular complexity index is 538. The van der Waals surface area contributed by atoms with Gasteiger partial charge >= 0.3 is 5.97 Å². The van der Waals surface area contributed by atoms with Crippen LogP contribution in [-0.4, -0.2) is 33.0 Å². The smallest absolute Gasteiger partial charge is 0.335 e. The van der Waals surface area contributed by atoms with Crippen molar-refractivity contribution in [2.45, 2.75) is 36.6 Å². The Labute approximate surface area is 119 Å². The van der Waals surface area contributed by atoms with Gasteiger partial charge in [-0.25, -0.2) is 4.79 Å². The summed E-state index contributed by atoms with van der Waals surface area (Å²) in [4.78, 5) is 23.0. The number of nitrogens with one attached hydrogen (secondary N) is 1. The highest BCUT2D eigenvalue weighted by atomic mass is 32.2. The molecule has 108 valence electrons. The summed E-state index contributed by atoms with van der Waals surface area (Å²) >= 11 is 0. The topological polar surface area (TPSA) is 83.5 Å². The number of hydrogen-bond donors (Lipinski definition) is 2. The zero-order valence-electron chi connectivity index (χ0n) is 11.0. The van der Waals surface area contributed by atoms with Crippen LogP contribution in [0.5, 0.6) is 0 Å². The summed E-state index contributed by atoms with van der Waals surface area (Å²) in [5.74, 6) is -1.44. The molecule has 1 fully saturated rings. The summed E-state index contributed by atoms with van der Waals surface area (Å²) in [6.07, 6.45) is 4.20. The zero-order valence-corrected chi connectivity index (χ0v) is 11.8. The van der Waals surface area contributed by atoms with Crippen molar-refractivity contribution in [3.8, 4) is 0 Å². The third kappa shape index (κ3) is 3.90. The third-order valence-corrected chi connectivity index (χ3v) is 4.63. The van der Waals surface area contributed by atoms with Gasteiger partial charge in [-0.1, -0.05) is 18.9 Å². The molecule has 1 amide bonds. The van der Waals surface area contributed by atoms with E-state index in [9.17, 15) is 13.8 Å². The van der Waals surface area contributed by atoms with Crippen molar-refractivity contribution in [1.29, 1.82) is 0 Å². The molecule has 0 saturated heterocycles. The number of rotatable bonds is 5. The normalized spacial score (nSPS) is 16.8. The first kappa shape index (κ1) is 14.7. The van der Waals surface area contributed by atoms with Crippen LogP contribution < -0.4 is 5.32 Å². The van der Waals surface area contributed by atoms with Gasteiger partial charge in [-0.3, -0.25) is 9.00 Å². The molecule has 1 aliphatic carbocycles. The first-order valence-corrected chi connectivity index (χ1v) is 7.89. The molecule has 20 heavy (non-hydrogen) atoms. The molecule has 0 aromatic heterocycles. The van der Waals surface area contributed by atoms with Gasteiger partial charge in [0.05, 0.1) is 16.4 Å². The maximum atomic E-state index is 12.1. The lowest BCUT2D eigenvalue weighted by atomic mass is 10.2. The lowest BCUT2D eigenvalue weighted by Gasteiger charge is -2.11. The van der Waals surface area contributed by atoms with E-state index in [2.05, 4.69) is 5.32 Å². The standard InChI is InChI=1S/C14H17NO4S/c16-13(15-11-5-1-2-6-11)9-20(19)12-7-3-4-10(8-12)14(17)18/h3-4,7-8,11H,1-2,5-6,9H2,(H,15,16)(H,17,18). The van der Waals surface area contributed by atoms with Crippen LogP contribution in [0.25, 0.3) is 0 Å². The number of carbonyl (C=O) groups excluding carboxylic acids is 1. The molecule has 1 aromatic carbocycles. The fourth-order valence-corrected chi connectivity index (χ4v) is 3.29. The zero-order chi connectivity index (χ0) is 14.5. The van der Waals surface area contributed by atoms with E-state index in [-0.39, 0.29) is 23.3 Å². The second-order valence-corrected chi connectivity index (χ2v) is 6.32. The molecule has 0 radical (unpaired) electrons. The molecule has 5 nitrogen and oxygen atoms in total. The third-order valence-electron chi connectivity index (χ3n) is 3.33. The van der Waals surface area contributed by atoms with Gasteiger partial charge in [0.2, 0.25) is 5.91 Å². The molecule has 6 heteroatoms. The molecule has 1 unspecified atom stereocenters. The molecule has 0 spiro atoms. The molecule has 1 atom stereocenters. The van der Waals surface area contributed by atoms with Crippen LogP contribution in [0.4, 0.5) is 0 Å². The highest BCUT2D eigenvalue weighted by Crippen LogP contribution is 2.17. The maximum Gasteiger partial charge on any atom is 0.335 e. The lowest BCUT2D eigenvalue weighted by Crippen LogP contribution is -2.35. The fraction of sp³-hybridized carbons (Fsp3) is 0.429. The second-order valence-electron chi connectivity index (χ2n) is 4.87. The Kier molecular flexibility index (Phi) is 4.89. The van der Waals surface area contributed by atoms with E-state index >= 15 is 0 Å². The van der Waals surface area contributed by atoms with Gasteiger partial charge in [0, 0.05) is 10.9 Å². The van der Waals surface area contributed by atoms with Crippen LogP contribution >= 0.6 is 0 Å². The van der Waals surface area contributed by atoms with Crippen molar-refractivity contribution in [2.24, 2.45) is 0 Å². The van der Waals surface area contributed by atoms with Gasteiger partial charge in [0.25, 0.3) is 0 Å². The van der Waals surface area contributed by atoms with Crippen LogP contribution in [0, 0.1) is 0 Å². The van der Waals surface area contributed by atoms with E-state index in [1.807, 2.05) is 0 Å². The molecule has 0 bridgehead atoms. The summed E-state index contributed by atoms with van der Waals surface area (Å²) in [5.41, 5.74) is 0.0760. The Morgan fingerprint density at radius 2 is 2.00 bits per heavy atom. The molecule has 2 rings (SSSR count). The van der Waals surface area contributed by atoms with Crippen molar-refractivity contribution in [3.63, 3.8) is 0 Å².